The minimum atomic E-state index is -3.35. The van der Waals surface area contributed by atoms with Gasteiger partial charge in [0.15, 0.2) is 0 Å². The second-order valence-electron chi connectivity index (χ2n) is 2.40. The molecule has 0 fully saturated rings. The summed E-state index contributed by atoms with van der Waals surface area (Å²) in [5.74, 6) is -0.646. The number of amides is 1. The van der Waals surface area contributed by atoms with E-state index in [4.69, 9.17) is 5.73 Å². The Hall–Kier alpha value is -1.08. The van der Waals surface area contributed by atoms with Crippen molar-refractivity contribution in [1.29, 1.82) is 0 Å². The lowest BCUT2D eigenvalue weighted by atomic mass is 10.3. The monoisotopic (exact) mass is 220 g/mol. The highest BCUT2D eigenvalue weighted by molar-refractivity contribution is 7.92. The van der Waals surface area contributed by atoms with Crippen LogP contribution in [0.2, 0.25) is 0 Å². The van der Waals surface area contributed by atoms with Gasteiger partial charge in [-0.15, -0.1) is 11.3 Å². The highest BCUT2D eigenvalue weighted by Gasteiger charge is 2.12. The molecule has 0 aromatic carbocycles. The summed E-state index contributed by atoms with van der Waals surface area (Å²) in [7, 11) is -3.35. The van der Waals surface area contributed by atoms with E-state index < -0.39 is 15.9 Å². The predicted molar refractivity (Wildman–Crippen MR) is 51.3 cm³/mol. The predicted octanol–water partition coefficient (Wildman–Crippen LogP) is 0.219. The van der Waals surface area contributed by atoms with Gasteiger partial charge >= 0.3 is 0 Å². The number of anilines is 1. The lowest BCUT2D eigenvalue weighted by molar-refractivity contribution is 0.100. The minimum Gasteiger partial charge on any atom is -0.366 e. The van der Waals surface area contributed by atoms with Gasteiger partial charge in [0.05, 0.1) is 11.8 Å². The molecular weight excluding hydrogens is 212 g/mol. The van der Waals surface area contributed by atoms with E-state index in [0.717, 1.165) is 17.6 Å². The summed E-state index contributed by atoms with van der Waals surface area (Å²) in [5, 5.41) is 1.85. The molecule has 0 aliphatic heterocycles. The molecule has 0 aliphatic rings. The molecule has 1 aromatic rings. The van der Waals surface area contributed by atoms with E-state index in [1.807, 2.05) is 0 Å². The molecule has 0 aliphatic carbocycles. The van der Waals surface area contributed by atoms with Crippen molar-refractivity contribution in [2.45, 2.75) is 0 Å². The van der Waals surface area contributed by atoms with Crippen LogP contribution in [0.1, 0.15) is 10.4 Å². The van der Waals surface area contributed by atoms with Gasteiger partial charge in [-0.1, -0.05) is 0 Å². The van der Waals surface area contributed by atoms with Gasteiger partial charge in [0, 0.05) is 0 Å². The average Bonchev–Trinajstić information content (AvgIpc) is 2.31. The first kappa shape index (κ1) is 10.0. The zero-order valence-electron chi connectivity index (χ0n) is 6.77. The van der Waals surface area contributed by atoms with Crippen LogP contribution in [0, 0.1) is 0 Å². The smallest absolute Gasteiger partial charge is 0.251 e. The Bertz CT molecular complexity index is 421. The van der Waals surface area contributed by atoms with Crippen molar-refractivity contribution in [2.24, 2.45) is 5.73 Å². The van der Waals surface area contributed by atoms with Gasteiger partial charge in [-0.3, -0.25) is 9.52 Å². The van der Waals surface area contributed by atoms with Crippen LogP contribution in [-0.2, 0) is 10.0 Å². The number of carbonyl (C=O) groups is 1. The summed E-state index contributed by atoms with van der Waals surface area (Å²) >= 11 is 1.11. The fourth-order valence-corrected chi connectivity index (χ4v) is 2.48. The van der Waals surface area contributed by atoms with Crippen molar-refractivity contribution in [3.05, 3.63) is 17.0 Å². The molecule has 0 unspecified atom stereocenters. The first-order chi connectivity index (χ1) is 5.90. The molecule has 7 heteroatoms. The van der Waals surface area contributed by atoms with E-state index in [-0.39, 0.29) is 10.6 Å². The fourth-order valence-electron chi connectivity index (χ4n) is 0.751. The second-order valence-corrected chi connectivity index (χ2v) is 5.07. The summed E-state index contributed by atoms with van der Waals surface area (Å²) in [6, 6.07) is 1.47. The third kappa shape index (κ3) is 2.71. The van der Waals surface area contributed by atoms with E-state index in [1.54, 1.807) is 5.38 Å². The van der Waals surface area contributed by atoms with E-state index in [0.29, 0.717) is 0 Å². The maximum absolute atomic E-state index is 10.8. The van der Waals surface area contributed by atoms with Crippen molar-refractivity contribution >= 4 is 32.3 Å². The average molecular weight is 220 g/mol. The Morgan fingerprint density at radius 2 is 2.23 bits per heavy atom. The van der Waals surface area contributed by atoms with Gasteiger partial charge in [-0.2, -0.15) is 0 Å². The number of carbonyl (C=O) groups excluding carboxylic acids is 1. The largest absolute Gasteiger partial charge is 0.366 e. The lowest BCUT2D eigenvalue weighted by Crippen LogP contribution is -2.15. The number of nitrogens with two attached hydrogens (primary N) is 1. The van der Waals surface area contributed by atoms with Crippen LogP contribution in [0.5, 0.6) is 0 Å². The highest BCUT2D eigenvalue weighted by Crippen LogP contribution is 2.23. The Balaban J connectivity index is 3.02. The molecule has 1 aromatic heterocycles. The quantitative estimate of drug-likeness (QED) is 0.763. The highest BCUT2D eigenvalue weighted by atomic mass is 32.2. The molecule has 0 radical (unpaired) electrons. The number of rotatable bonds is 3. The Morgan fingerprint density at radius 1 is 1.62 bits per heavy atom. The van der Waals surface area contributed by atoms with Gasteiger partial charge < -0.3 is 5.73 Å². The number of primary amides is 1. The zero-order valence-corrected chi connectivity index (χ0v) is 8.41. The molecular formula is C6H8N2O3S2. The second kappa shape index (κ2) is 3.35. The Morgan fingerprint density at radius 3 is 2.69 bits per heavy atom. The van der Waals surface area contributed by atoms with Gasteiger partial charge in [-0.05, 0) is 11.4 Å². The number of hydrogen-bond donors (Lipinski definition) is 2. The first-order valence-corrected chi connectivity index (χ1v) is 6.02. The lowest BCUT2D eigenvalue weighted by Gasteiger charge is -2.01. The Kier molecular flexibility index (Phi) is 2.58. The van der Waals surface area contributed by atoms with Gasteiger partial charge in [0.1, 0.15) is 5.00 Å². The summed E-state index contributed by atoms with van der Waals surface area (Å²) < 4.78 is 23.8. The van der Waals surface area contributed by atoms with Crippen LogP contribution in [-0.4, -0.2) is 20.6 Å². The van der Waals surface area contributed by atoms with Gasteiger partial charge in [0.25, 0.3) is 5.91 Å². The minimum absolute atomic E-state index is 0.190. The fraction of sp³-hybridized carbons (Fsp3) is 0.167. The number of thiophene rings is 1. The van der Waals surface area contributed by atoms with Crippen LogP contribution in [0.15, 0.2) is 11.4 Å². The standard InChI is InChI=1S/C6H8N2O3S2/c1-13(10,11)8-6-4(5(7)9)2-3-12-6/h2-3,8H,1H3,(H2,7,9). The maximum atomic E-state index is 10.8. The van der Waals surface area contributed by atoms with Crippen LogP contribution in [0.25, 0.3) is 0 Å². The molecule has 3 N–H and O–H groups in total. The molecule has 1 amide bonds. The number of sulfonamides is 1. The molecule has 72 valence electrons. The SMILES string of the molecule is CS(=O)(=O)Nc1sccc1C(N)=O. The normalized spacial score (nSPS) is 11.2. The maximum Gasteiger partial charge on any atom is 0.251 e. The van der Waals surface area contributed by atoms with Gasteiger partial charge in [0.2, 0.25) is 10.0 Å². The van der Waals surface area contributed by atoms with E-state index in [1.165, 1.54) is 6.07 Å². The molecule has 13 heavy (non-hydrogen) atoms. The molecule has 0 saturated heterocycles. The van der Waals surface area contributed by atoms with Crippen molar-refractivity contribution in [1.82, 2.24) is 0 Å². The Labute approximate surface area is 79.6 Å². The van der Waals surface area contributed by atoms with E-state index in [9.17, 15) is 13.2 Å². The molecule has 5 nitrogen and oxygen atoms in total. The number of nitrogens with one attached hydrogen (secondary N) is 1. The third-order valence-electron chi connectivity index (χ3n) is 1.21. The zero-order chi connectivity index (χ0) is 10.1. The third-order valence-corrected chi connectivity index (χ3v) is 2.74. The van der Waals surface area contributed by atoms with Crippen molar-refractivity contribution in [3.8, 4) is 0 Å². The summed E-state index contributed by atoms with van der Waals surface area (Å²) in [6.07, 6.45) is 1.01. The van der Waals surface area contributed by atoms with Crippen LogP contribution >= 0.6 is 11.3 Å². The van der Waals surface area contributed by atoms with Crippen molar-refractivity contribution in [2.75, 3.05) is 11.0 Å². The molecule has 0 bridgehead atoms. The van der Waals surface area contributed by atoms with Crippen LogP contribution in [0.3, 0.4) is 0 Å². The van der Waals surface area contributed by atoms with Gasteiger partial charge in [-0.25, -0.2) is 8.42 Å². The number of hydrogen-bond acceptors (Lipinski definition) is 4. The van der Waals surface area contributed by atoms with E-state index in [2.05, 4.69) is 4.72 Å². The van der Waals surface area contributed by atoms with Crippen LogP contribution < -0.4 is 10.5 Å². The topological polar surface area (TPSA) is 89.3 Å². The summed E-state index contributed by atoms with van der Waals surface area (Å²) in [6.45, 7) is 0. The van der Waals surface area contributed by atoms with Crippen molar-refractivity contribution < 1.29 is 13.2 Å². The van der Waals surface area contributed by atoms with Crippen LogP contribution in [0.4, 0.5) is 5.00 Å². The molecule has 1 heterocycles. The molecule has 0 atom stereocenters. The molecule has 1 rings (SSSR count). The summed E-state index contributed by atoms with van der Waals surface area (Å²) in [5.41, 5.74) is 5.20. The first-order valence-electron chi connectivity index (χ1n) is 3.25. The van der Waals surface area contributed by atoms with E-state index >= 15 is 0 Å². The molecule has 0 spiro atoms. The summed E-state index contributed by atoms with van der Waals surface area (Å²) in [4.78, 5) is 10.8. The van der Waals surface area contributed by atoms with Crippen molar-refractivity contribution in [3.63, 3.8) is 0 Å². The molecule has 0 saturated carbocycles.